The van der Waals surface area contributed by atoms with Crippen molar-refractivity contribution in [1.82, 2.24) is 9.78 Å². The number of hydrogen-bond acceptors (Lipinski definition) is 3. The van der Waals surface area contributed by atoms with Gasteiger partial charge in [-0.25, -0.2) is 0 Å². The van der Waals surface area contributed by atoms with E-state index in [-0.39, 0.29) is 18.3 Å². The topological polar surface area (TPSA) is 36.3 Å². The molecule has 134 valence electrons. The highest BCUT2D eigenvalue weighted by Gasteiger charge is 2.53. The van der Waals surface area contributed by atoms with Gasteiger partial charge in [-0.15, -0.1) is 0 Å². The van der Waals surface area contributed by atoms with Gasteiger partial charge in [0, 0.05) is 11.2 Å². The molecule has 1 aliphatic rings. The third-order valence-corrected chi connectivity index (χ3v) is 5.83. The van der Waals surface area contributed by atoms with Gasteiger partial charge in [-0.2, -0.15) is 5.10 Å². The fourth-order valence-corrected chi connectivity index (χ4v) is 3.24. The molecule has 0 aliphatic carbocycles. The van der Waals surface area contributed by atoms with E-state index < -0.39 is 0 Å². The van der Waals surface area contributed by atoms with Gasteiger partial charge in [0.05, 0.1) is 23.4 Å². The maximum Gasteiger partial charge on any atom is 0.498 e. The van der Waals surface area contributed by atoms with E-state index in [0.717, 1.165) is 23.4 Å². The van der Waals surface area contributed by atoms with Gasteiger partial charge in [0.1, 0.15) is 0 Å². The molecule has 0 bridgehead atoms. The number of aryl methyl sites for hydroxylation is 3. The number of nitrogens with zero attached hydrogens (tertiary/aromatic N) is 2. The molecule has 0 unspecified atom stereocenters. The first kappa shape index (κ1) is 18.2. The molecule has 25 heavy (non-hydrogen) atoms. The molecule has 1 aromatic heterocycles. The lowest BCUT2D eigenvalue weighted by atomic mass is 9.77. The van der Waals surface area contributed by atoms with Crippen LogP contribution in [0.4, 0.5) is 0 Å². The van der Waals surface area contributed by atoms with Crippen LogP contribution in [0.15, 0.2) is 18.2 Å². The first-order valence-corrected chi connectivity index (χ1v) is 8.97. The summed E-state index contributed by atoms with van der Waals surface area (Å²) in [6.45, 7) is 17.5. The van der Waals surface area contributed by atoms with Crippen LogP contribution in [0.1, 0.15) is 55.8 Å². The molecule has 3 rings (SSSR count). The zero-order chi connectivity index (χ0) is 18.6. The molecule has 0 N–H and O–H groups in total. The number of hydrogen-bond donors (Lipinski definition) is 0. The Balaban J connectivity index is 1.90. The fraction of sp³-hybridized carbons (Fsp3) is 0.550. The highest BCUT2D eigenvalue weighted by Crippen LogP contribution is 2.36. The highest BCUT2D eigenvalue weighted by molar-refractivity contribution is 6.63. The molecule has 5 heteroatoms. The first-order valence-electron chi connectivity index (χ1n) is 8.97. The number of aromatic nitrogens is 2. The van der Waals surface area contributed by atoms with Crippen molar-refractivity contribution >= 4 is 12.6 Å². The lowest BCUT2D eigenvalue weighted by Crippen LogP contribution is -2.41. The molecule has 0 amide bonds. The van der Waals surface area contributed by atoms with Gasteiger partial charge in [-0.1, -0.05) is 18.2 Å². The number of rotatable bonds is 3. The Hall–Kier alpha value is -1.59. The predicted molar refractivity (Wildman–Crippen MR) is 102 cm³/mol. The predicted octanol–water partition coefficient (Wildman–Crippen LogP) is 3.46. The highest BCUT2D eigenvalue weighted by atomic mass is 16.7. The molecule has 1 fully saturated rings. The minimum atomic E-state index is -0.362. The summed E-state index contributed by atoms with van der Waals surface area (Å²) < 4.78 is 14.5. The van der Waals surface area contributed by atoms with E-state index >= 15 is 0 Å². The molecule has 4 nitrogen and oxygen atoms in total. The lowest BCUT2D eigenvalue weighted by Gasteiger charge is -2.32. The maximum absolute atomic E-state index is 6.23. The summed E-state index contributed by atoms with van der Waals surface area (Å²) in [5.41, 5.74) is 6.34. The summed E-state index contributed by atoms with van der Waals surface area (Å²) in [5, 5.41) is 4.75. The van der Waals surface area contributed by atoms with Gasteiger partial charge in [0.15, 0.2) is 0 Å². The molecule has 0 atom stereocenters. The van der Waals surface area contributed by atoms with E-state index in [2.05, 4.69) is 71.3 Å². The Labute approximate surface area is 151 Å². The number of benzene rings is 1. The Kier molecular flexibility index (Phi) is 4.37. The molecule has 1 aliphatic heterocycles. The molecule has 1 saturated heterocycles. The monoisotopic (exact) mass is 340 g/mol. The molecular formula is C20H29BN2O2. The van der Waals surface area contributed by atoms with Gasteiger partial charge < -0.3 is 9.31 Å². The maximum atomic E-state index is 6.23. The zero-order valence-electron chi connectivity index (χ0n) is 16.7. The van der Waals surface area contributed by atoms with Crippen LogP contribution < -0.4 is 5.46 Å². The van der Waals surface area contributed by atoms with Crippen LogP contribution in [0.2, 0.25) is 0 Å². The lowest BCUT2D eigenvalue weighted by molar-refractivity contribution is 0.00578. The van der Waals surface area contributed by atoms with Crippen LogP contribution >= 0.6 is 0 Å². The average Bonchev–Trinajstić information content (AvgIpc) is 2.87. The van der Waals surface area contributed by atoms with Crippen molar-refractivity contribution in [3.05, 3.63) is 46.3 Å². The van der Waals surface area contributed by atoms with Crippen LogP contribution in [0.3, 0.4) is 0 Å². The minimum absolute atomic E-state index is 0.341. The Bertz CT molecular complexity index is 792. The summed E-state index contributed by atoms with van der Waals surface area (Å²) >= 11 is 0. The van der Waals surface area contributed by atoms with Crippen LogP contribution in [0, 0.1) is 27.7 Å². The van der Waals surface area contributed by atoms with Crippen molar-refractivity contribution in [2.75, 3.05) is 0 Å². The Morgan fingerprint density at radius 1 is 0.960 bits per heavy atom. The minimum Gasteiger partial charge on any atom is -0.399 e. The van der Waals surface area contributed by atoms with Crippen molar-refractivity contribution < 1.29 is 9.31 Å². The standard InChI is InChI=1S/C20H29BN2O2/c1-13-9-10-17(11-14(13)2)12-23-16(4)18(15(3)22-23)21-24-19(5,6)20(7,8)25-21/h9-11H,12H2,1-8H3. The van der Waals surface area contributed by atoms with Gasteiger partial charge in [-0.3, -0.25) is 4.68 Å². The van der Waals surface area contributed by atoms with Crippen LogP contribution in [0.25, 0.3) is 0 Å². The third kappa shape index (κ3) is 3.15. The summed E-state index contributed by atoms with van der Waals surface area (Å²) in [5.74, 6) is 0. The molecule has 2 aromatic rings. The molecule has 1 aromatic carbocycles. The van der Waals surface area contributed by atoms with Crippen LogP contribution in [0.5, 0.6) is 0 Å². The normalized spacial score (nSPS) is 18.8. The van der Waals surface area contributed by atoms with Crippen molar-refractivity contribution in [1.29, 1.82) is 0 Å². The van der Waals surface area contributed by atoms with Gasteiger partial charge in [-0.05, 0) is 72.1 Å². The first-order chi connectivity index (χ1) is 11.5. The summed E-state index contributed by atoms with van der Waals surface area (Å²) in [4.78, 5) is 0. The summed E-state index contributed by atoms with van der Waals surface area (Å²) in [6, 6.07) is 6.58. The summed E-state index contributed by atoms with van der Waals surface area (Å²) in [6.07, 6.45) is 0. The van der Waals surface area contributed by atoms with E-state index in [1.807, 2.05) is 6.92 Å². The van der Waals surface area contributed by atoms with E-state index in [9.17, 15) is 0 Å². The summed E-state index contributed by atoms with van der Waals surface area (Å²) in [7, 11) is -0.362. The van der Waals surface area contributed by atoms with Gasteiger partial charge in [0.25, 0.3) is 0 Å². The molecule has 0 saturated carbocycles. The molecule has 0 spiro atoms. The van der Waals surface area contributed by atoms with Crippen molar-refractivity contribution in [3.8, 4) is 0 Å². The largest absolute Gasteiger partial charge is 0.498 e. The zero-order valence-corrected chi connectivity index (χ0v) is 16.7. The SMILES string of the molecule is Cc1ccc(Cn2nc(C)c(B3OC(C)(C)C(C)(C)O3)c2C)cc1C. The molecular weight excluding hydrogens is 311 g/mol. The van der Waals surface area contributed by atoms with Crippen molar-refractivity contribution in [2.45, 2.75) is 73.1 Å². The smallest absolute Gasteiger partial charge is 0.399 e. The van der Waals surface area contributed by atoms with Gasteiger partial charge >= 0.3 is 7.12 Å². The van der Waals surface area contributed by atoms with Crippen LogP contribution in [-0.4, -0.2) is 28.1 Å². The van der Waals surface area contributed by atoms with E-state index in [0.29, 0.717) is 0 Å². The third-order valence-electron chi connectivity index (χ3n) is 5.83. The van der Waals surface area contributed by atoms with E-state index in [1.54, 1.807) is 0 Å². The quantitative estimate of drug-likeness (QED) is 0.803. The molecule has 0 radical (unpaired) electrons. The van der Waals surface area contributed by atoms with Crippen molar-refractivity contribution in [2.24, 2.45) is 0 Å². The second-order valence-electron chi connectivity index (χ2n) is 8.25. The second-order valence-corrected chi connectivity index (χ2v) is 8.25. The van der Waals surface area contributed by atoms with Crippen LogP contribution in [-0.2, 0) is 15.9 Å². The Morgan fingerprint density at radius 3 is 2.12 bits per heavy atom. The molecule has 2 heterocycles. The van der Waals surface area contributed by atoms with E-state index in [1.165, 1.54) is 16.7 Å². The average molecular weight is 340 g/mol. The fourth-order valence-electron chi connectivity index (χ4n) is 3.24. The van der Waals surface area contributed by atoms with Gasteiger partial charge in [0.2, 0.25) is 0 Å². The van der Waals surface area contributed by atoms with E-state index in [4.69, 9.17) is 14.4 Å². The second kappa shape index (κ2) is 5.99. The Morgan fingerprint density at radius 2 is 1.56 bits per heavy atom. The van der Waals surface area contributed by atoms with Crippen molar-refractivity contribution in [3.63, 3.8) is 0 Å².